The maximum Gasteiger partial charge on any atom is 0.328 e. The normalized spacial score (nSPS) is 12.4. The van der Waals surface area contributed by atoms with E-state index in [9.17, 15) is 14.7 Å². The van der Waals surface area contributed by atoms with Crippen LogP contribution in [0, 0.1) is 0 Å². The molecule has 0 bridgehead atoms. The average Bonchev–Trinajstić information content (AvgIpc) is 3.14. The first kappa shape index (κ1) is 19.1. The molecule has 0 fully saturated rings. The Kier molecular flexibility index (Phi) is 4.89. The SMILES string of the molecule is CN(C)c1ccc(/C=C/C(=C2N=c3ccccc3=N2)c2c(O)[nH]c(=O)[nH]c2=O)cc1. The van der Waals surface area contributed by atoms with Gasteiger partial charge in [-0.2, -0.15) is 0 Å². The minimum atomic E-state index is -0.794. The summed E-state index contributed by atoms with van der Waals surface area (Å²) in [6, 6.07) is 15.1. The molecule has 30 heavy (non-hydrogen) atoms. The molecule has 0 aliphatic carbocycles. The second kappa shape index (κ2) is 7.67. The van der Waals surface area contributed by atoms with E-state index in [1.54, 1.807) is 12.2 Å². The molecular formula is C22H19N5O3. The minimum absolute atomic E-state index is 0.105. The van der Waals surface area contributed by atoms with E-state index < -0.39 is 17.1 Å². The van der Waals surface area contributed by atoms with E-state index in [4.69, 9.17) is 0 Å². The van der Waals surface area contributed by atoms with Crippen molar-refractivity contribution in [3.05, 3.63) is 103 Å². The van der Waals surface area contributed by atoms with Crippen LogP contribution in [-0.4, -0.2) is 29.2 Å². The predicted molar refractivity (Wildman–Crippen MR) is 115 cm³/mol. The fourth-order valence-corrected chi connectivity index (χ4v) is 3.08. The fraction of sp³-hybridized carbons (Fsp3) is 0.0909. The highest BCUT2D eigenvalue weighted by Crippen LogP contribution is 2.26. The van der Waals surface area contributed by atoms with Gasteiger partial charge in [0.2, 0.25) is 5.88 Å². The van der Waals surface area contributed by atoms with Crippen molar-refractivity contribution in [3.63, 3.8) is 0 Å². The molecule has 8 nitrogen and oxygen atoms in total. The average molecular weight is 401 g/mol. The summed E-state index contributed by atoms with van der Waals surface area (Å²) < 4.78 is 0. The van der Waals surface area contributed by atoms with Crippen LogP contribution in [0.5, 0.6) is 5.88 Å². The van der Waals surface area contributed by atoms with Crippen molar-refractivity contribution in [2.24, 2.45) is 9.98 Å². The van der Waals surface area contributed by atoms with E-state index in [-0.39, 0.29) is 17.0 Å². The van der Waals surface area contributed by atoms with Crippen molar-refractivity contribution in [2.75, 3.05) is 19.0 Å². The van der Waals surface area contributed by atoms with Gasteiger partial charge in [0.05, 0.1) is 10.7 Å². The Hall–Kier alpha value is -4.20. The van der Waals surface area contributed by atoms with Gasteiger partial charge in [0.1, 0.15) is 5.56 Å². The van der Waals surface area contributed by atoms with Crippen molar-refractivity contribution >= 4 is 17.3 Å². The number of H-pyrrole nitrogens is 2. The van der Waals surface area contributed by atoms with Crippen molar-refractivity contribution in [3.8, 4) is 5.88 Å². The summed E-state index contributed by atoms with van der Waals surface area (Å²) in [5.74, 6) is -0.273. The number of hydrogen-bond donors (Lipinski definition) is 3. The zero-order chi connectivity index (χ0) is 21.3. The maximum absolute atomic E-state index is 12.5. The zero-order valence-corrected chi connectivity index (χ0v) is 16.4. The van der Waals surface area contributed by atoms with Gasteiger partial charge < -0.3 is 10.0 Å². The number of hydrogen-bond acceptors (Lipinski definition) is 6. The molecule has 0 amide bonds. The van der Waals surface area contributed by atoms with Crippen molar-refractivity contribution in [2.45, 2.75) is 0 Å². The van der Waals surface area contributed by atoms with Gasteiger partial charge in [-0.05, 0) is 35.9 Å². The Bertz CT molecular complexity index is 1370. The number of nitrogens with zero attached hydrogens (tertiary/aromatic N) is 3. The molecule has 0 atom stereocenters. The van der Waals surface area contributed by atoms with Crippen molar-refractivity contribution in [1.29, 1.82) is 0 Å². The predicted octanol–water partition coefficient (Wildman–Crippen LogP) is 1.17. The lowest BCUT2D eigenvalue weighted by molar-refractivity contribution is 0.446. The molecule has 150 valence electrons. The highest BCUT2D eigenvalue weighted by molar-refractivity contribution is 5.82. The summed E-state index contributed by atoms with van der Waals surface area (Å²) in [5.41, 5.74) is 0.598. The number of benzene rings is 2. The van der Waals surface area contributed by atoms with Crippen LogP contribution in [0.1, 0.15) is 11.1 Å². The van der Waals surface area contributed by atoms with Crippen LogP contribution in [0.3, 0.4) is 0 Å². The van der Waals surface area contributed by atoms with E-state index in [0.29, 0.717) is 10.7 Å². The number of para-hydroxylation sites is 2. The maximum atomic E-state index is 12.5. The molecule has 0 saturated heterocycles. The molecule has 2 aromatic carbocycles. The Balaban J connectivity index is 1.88. The van der Waals surface area contributed by atoms with Crippen LogP contribution in [0.4, 0.5) is 5.69 Å². The largest absolute Gasteiger partial charge is 0.494 e. The minimum Gasteiger partial charge on any atom is -0.494 e. The number of aromatic nitrogens is 2. The Labute approximate surface area is 170 Å². The molecule has 0 saturated carbocycles. The molecule has 3 N–H and O–H groups in total. The molecule has 3 aromatic rings. The second-order valence-electron chi connectivity index (χ2n) is 6.90. The smallest absolute Gasteiger partial charge is 0.328 e. The summed E-state index contributed by atoms with van der Waals surface area (Å²) in [4.78, 5) is 39.3. The Morgan fingerprint density at radius 2 is 1.60 bits per heavy atom. The lowest BCUT2D eigenvalue weighted by Crippen LogP contribution is -2.24. The van der Waals surface area contributed by atoms with Gasteiger partial charge in [-0.15, -0.1) is 0 Å². The monoisotopic (exact) mass is 401 g/mol. The van der Waals surface area contributed by atoms with Gasteiger partial charge >= 0.3 is 5.69 Å². The standard InChI is InChI=1S/C22H19N5O3/c1-27(2)14-10-7-13(8-11-14)9-12-15(18-20(28)25-22(30)26-21(18)29)19-23-16-5-3-4-6-17(16)24-19/h3-12H,1-2H3,(H3,25,26,28,29,30)/b12-9+. The molecule has 1 aliphatic heterocycles. The number of allylic oxidation sites excluding steroid dienone is 2. The lowest BCUT2D eigenvalue weighted by atomic mass is 10.1. The zero-order valence-electron chi connectivity index (χ0n) is 16.4. The van der Waals surface area contributed by atoms with Gasteiger partial charge in [-0.3, -0.25) is 14.8 Å². The van der Waals surface area contributed by atoms with E-state index in [1.165, 1.54) is 0 Å². The quantitative estimate of drug-likeness (QED) is 0.609. The van der Waals surface area contributed by atoms with Gasteiger partial charge in [-0.1, -0.05) is 30.3 Å². The van der Waals surface area contributed by atoms with E-state index in [1.807, 2.05) is 67.5 Å². The molecule has 0 spiro atoms. The third kappa shape index (κ3) is 3.70. The first-order valence-corrected chi connectivity index (χ1v) is 9.20. The molecule has 0 unspecified atom stereocenters. The summed E-state index contributed by atoms with van der Waals surface area (Å²) in [5, 5.41) is 11.6. The highest BCUT2D eigenvalue weighted by atomic mass is 16.3. The molecule has 1 aromatic heterocycles. The van der Waals surface area contributed by atoms with E-state index in [2.05, 4.69) is 20.0 Å². The molecule has 8 heteroatoms. The third-order valence-corrected chi connectivity index (χ3v) is 4.62. The molecule has 1 aliphatic rings. The number of nitrogens with one attached hydrogen (secondary N) is 2. The highest BCUT2D eigenvalue weighted by Gasteiger charge is 2.18. The topological polar surface area (TPSA) is 114 Å². The van der Waals surface area contributed by atoms with Crippen molar-refractivity contribution in [1.82, 2.24) is 9.97 Å². The van der Waals surface area contributed by atoms with Gasteiger partial charge in [0.25, 0.3) is 5.56 Å². The van der Waals surface area contributed by atoms with Gasteiger partial charge in [0.15, 0.2) is 5.82 Å². The van der Waals surface area contributed by atoms with Crippen LogP contribution >= 0.6 is 0 Å². The lowest BCUT2D eigenvalue weighted by Gasteiger charge is -2.11. The fourth-order valence-electron chi connectivity index (χ4n) is 3.08. The summed E-state index contributed by atoms with van der Waals surface area (Å²) >= 11 is 0. The Morgan fingerprint density at radius 1 is 0.967 bits per heavy atom. The molecule has 0 radical (unpaired) electrons. The number of fused-ring (bicyclic) bond motifs is 1. The number of aromatic hydroxyl groups is 1. The molecule has 4 rings (SSSR count). The van der Waals surface area contributed by atoms with Gasteiger partial charge in [0, 0.05) is 25.4 Å². The van der Waals surface area contributed by atoms with Gasteiger partial charge in [-0.25, -0.2) is 14.8 Å². The van der Waals surface area contributed by atoms with Crippen LogP contribution in [0.2, 0.25) is 0 Å². The number of anilines is 1. The first-order chi connectivity index (χ1) is 14.4. The Morgan fingerprint density at radius 3 is 2.17 bits per heavy atom. The number of rotatable bonds is 4. The molecule has 2 heterocycles. The van der Waals surface area contributed by atoms with Crippen LogP contribution in [0.15, 0.2) is 80.0 Å². The van der Waals surface area contributed by atoms with E-state index >= 15 is 0 Å². The third-order valence-electron chi connectivity index (χ3n) is 4.62. The number of aromatic amines is 2. The second-order valence-corrected chi connectivity index (χ2v) is 6.90. The van der Waals surface area contributed by atoms with Crippen LogP contribution in [-0.2, 0) is 0 Å². The summed E-state index contributed by atoms with van der Waals surface area (Å²) in [6.07, 6.45) is 3.45. The van der Waals surface area contributed by atoms with Crippen molar-refractivity contribution < 1.29 is 5.11 Å². The molecular weight excluding hydrogens is 382 g/mol. The summed E-state index contributed by atoms with van der Waals surface area (Å²) in [7, 11) is 3.92. The van der Waals surface area contributed by atoms with E-state index in [0.717, 1.165) is 11.3 Å². The van der Waals surface area contributed by atoms with Crippen LogP contribution < -0.4 is 26.9 Å². The first-order valence-electron chi connectivity index (χ1n) is 9.20. The van der Waals surface area contributed by atoms with Crippen LogP contribution in [0.25, 0.3) is 11.6 Å². The summed E-state index contributed by atoms with van der Waals surface area (Å²) in [6.45, 7) is 0.